The summed E-state index contributed by atoms with van der Waals surface area (Å²) in [6, 6.07) is 0. The number of hydrogen-bond donors (Lipinski definition) is 0. The van der Waals surface area contributed by atoms with Gasteiger partial charge in [-0.25, -0.2) is 0 Å². The molecule has 450 valence electrons. The molecule has 0 radical (unpaired) electrons. The molecule has 0 bridgehead atoms. The first kappa shape index (κ1) is 74.2. The monoisotopic (exact) mass is 1070 g/mol. The second-order valence-corrected chi connectivity index (χ2v) is 23.8. The van der Waals surface area contributed by atoms with Crippen molar-refractivity contribution in [3.8, 4) is 0 Å². The van der Waals surface area contributed by atoms with Crippen LogP contribution in [-0.4, -0.2) is 37.2 Å². The minimum atomic E-state index is -0.769. The predicted octanol–water partition coefficient (Wildman–Crippen LogP) is 23.6. The van der Waals surface area contributed by atoms with Crippen LogP contribution in [0.2, 0.25) is 0 Å². The van der Waals surface area contributed by atoms with Crippen LogP contribution in [0.3, 0.4) is 0 Å². The Morgan fingerprint density at radius 2 is 0.461 bits per heavy atom. The average molecular weight is 1070 g/mol. The van der Waals surface area contributed by atoms with E-state index in [1.165, 1.54) is 289 Å². The standard InChI is InChI=1S/C70H134O6/c1-4-7-10-13-16-19-22-24-26-28-30-32-33-34-35-36-37-39-40-42-44-46-48-51-54-57-60-63-69(72)75-66-67(65-74-68(71)62-59-56-53-50-21-18-15-12-9-6-3)76-70(73)64-61-58-55-52-49-47-45-43-41-38-31-29-27-25-23-20-17-14-11-8-5-2/h12,15,67H,4-11,13-14,16-66H2,1-3H3/b15-12-. The topological polar surface area (TPSA) is 78.9 Å². The highest BCUT2D eigenvalue weighted by atomic mass is 16.6. The molecule has 76 heavy (non-hydrogen) atoms. The Kier molecular flexibility index (Phi) is 64.1. The van der Waals surface area contributed by atoms with Crippen LogP contribution in [0.25, 0.3) is 0 Å². The first-order chi connectivity index (χ1) is 37.5. The third-order valence-electron chi connectivity index (χ3n) is 16.0. The zero-order valence-corrected chi connectivity index (χ0v) is 51.8. The van der Waals surface area contributed by atoms with Gasteiger partial charge in [-0.05, 0) is 38.5 Å². The maximum atomic E-state index is 12.9. The molecule has 0 aromatic heterocycles. The van der Waals surface area contributed by atoms with Crippen LogP contribution in [0.1, 0.15) is 400 Å². The largest absolute Gasteiger partial charge is 0.462 e. The maximum Gasteiger partial charge on any atom is 0.306 e. The fraction of sp³-hybridized carbons (Fsp3) is 0.929. The first-order valence-electron chi connectivity index (χ1n) is 34.7. The van der Waals surface area contributed by atoms with Gasteiger partial charge >= 0.3 is 17.9 Å². The summed E-state index contributed by atoms with van der Waals surface area (Å²) in [5.41, 5.74) is 0. The summed E-state index contributed by atoms with van der Waals surface area (Å²) in [5, 5.41) is 0. The Morgan fingerprint density at radius 3 is 0.711 bits per heavy atom. The lowest BCUT2D eigenvalue weighted by atomic mass is 10.0. The summed E-state index contributed by atoms with van der Waals surface area (Å²) >= 11 is 0. The van der Waals surface area contributed by atoms with Gasteiger partial charge in [0.1, 0.15) is 13.2 Å². The van der Waals surface area contributed by atoms with Crippen LogP contribution in [0.4, 0.5) is 0 Å². The van der Waals surface area contributed by atoms with Crippen LogP contribution in [0.15, 0.2) is 12.2 Å². The fourth-order valence-electron chi connectivity index (χ4n) is 10.8. The van der Waals surface area contributed by atoms with Crippen molar-refractivity contribution in [3.05, 3.63) is 12.2 Å². The van der Waals surface area contributed by atoms with E-state index in [4.69, 9.17) is 14.2 Å². The molecule has 1 unspecified atom stereocenters. The van der Waals surface area contributed by atoms with E-state index in [0.29, 0.717) is 19.3 Å². The van der Waals surface area contributed by atoms with E-state index in [9.17, 15) is 14.4 Å². The lowest BCUT2D eigenvalue weighted by Gasteiger charge is -2.18. The molecule has 0 fully saturated rings. The predicted molar refractivity (Wildman–Crippen MR) is 330 cm³/mol. The summed E-state index contributed by atoms with van der Waals surface area (Å²) in [5.74, 6) is -0.845. The van der Waals surface area contributed by atoms with Crippen molar-refractivity contribution in [2.24, 2.45) is 0 Å². The molecule has 0 amide bonds. The normalized spacial score (nSPS) is 12.0. The number of hydrogen-bond acceptors (Lipinski definition) is 6. The highest BCUT2D eigenvalue weighted by Gasteiger charge is 2.19. The van der Waals surface area contributed by atoms with E-state index in [0.717, 1.165) is 70.6 Å². The molecule has 0 saturated heterocycles. The van der Waals surface area contributed by atoms with Gasteiger partial charge in [0.2, 0.25) is 0 Å². The molecule has 0 rings (SSSR count). The third-order valence-corrected chi connectivity index (χ3v) is 16.0. The van der Waals surface area contributed by atoms with Crippen LogP contribution in [0, 0.1) is 0 Å². The van der Waals surface area contributed by atoms with Gasteiger partial charge in [-0.1, -0.05) is 354 Å². The zero-order chi connectivity index (χ0) is 55.0. The Bertz CT molecular complexity index is 1180. The molecule has 0 aromatic carbocycles. The van der Waals surface area contributed by atoms with E-state index in [1.54, 1.807) is 0 Å². The molecule has 0 aliphatic carbocycles. The van der Waals surface area contributed by atoms with Crippen molar-refractivity contribution in [2.45, 2.75) is 406 Å². The molecule has 0 heterocycles. The summed E-state index contributed by atoms with van der Waals surface area (Å²) in [6.45, 7) is 6.66. The SMILES string of the molecule is CCC/C=C\CCCCCCCC(=O)OCC(COC(=O)CCCCCCCCCCCCCCCCCCCCCCCCCCCCC)OC(=O)CCCCCCCCCCCCCCCCCCCCCCC. The number of unbranched alkanes of at least 4 members (excludes halogenated alkanes) is 52. The van der Waals surface area contributed by atoms with Crippen LogP contribution in [-0.2, 0) is 28.6 Å². The number of carbonyl (C=O) groups excluding carboxylic acids is 3. The number of esters is 3. The Hall–Kier alpha value is -1.85. The van der Waals surface area contributed by atoms with E-state index < -0.39 is 6.10 Å². The van der Waals surface area contributed by atoms with Crippen molar-refractivity contribution in [3.63, 3.8) is 0 Å². The highest BCUT2D eigenvalue weighted by molar-refractivity contribution is 5.71. The van der Waals surface area contributed by atoms with E-state index in [2.05, 4.69) is 32.9 Å². The molecule has 0 N–H and O–H groups in total. The summed E-state index contributed by atoms with van der Waals surface area (Å²) in [7, 11) is 0. The molecule has 6 nitrogen and oxygen atoms in total. The molecular formula is C70H134O6. The van der Waals surface area contributed by atoms with Gasteiger partial charge in [-0.2, -0.15) is 0 Å². The number of allylic oxidation sites excluding steroid dienone is 2. The van der Waals surface area contributed by atoms with Crippen molar-refractivity contribution in [1.29, 1.82) is 0 Å². The number of ether oxygens (including phenoxy) is 3. The second kappa shape index (κ2) is 65.7. The van der Waals surface area contributed by atoms with Gasteiger partial charge in [-0.15, -0.1) is 0 Å². The molecular weight excluding hydrogens is 937 g/mol. The van der Waals surface area contributed by atoms with Crippen molar-refractivity contribution in [2.75, 3.05) is 13.2 Å². The summed E-state index contributed by atoms with van der Waals surface area (Å²) < 4.78 is 16.9. The zero-order valence-electron chi connectivity index (χ0n) is 51.8. The molecule has 0 aliphatic rings. The number of rotatable bonds is 65. The van der Waals surface area contributed by atoms with Gasteiger partial charge in [0.25, 0.3) is 0 Å². The van der Waals surface area contributed by atoms with Gasteiger partial charge in [0.15, 0.2) is 6.10 Å². The first-order valence-corrected chi connectivity index (χ1v) is 34.7. The highest BCUT2D eigenvalue weighted by Crippen LogP contribution is 2.19. The molecule has 0 aromatic rings. The lowest BCUT2D eigenvalue weighted by molar-refractivity contribution is -0.167. The average Bonchev–Trinajstić information content (AvgIpc) is 3.42. The molecule has 0 saturated carbocycles. The fourth-order valence-corrected chi connectivity index (χ4v) is 10.8. The molecule has 0 spiro atoms. The van der Waals surface area contributed by atoms with Crippen LogP contribution >= 0.6 is 0 Å². The van der Waals surface area contributed by atoms with Gasteiger partial charge < -0.3 is 14.2 Å². The minimum absolute atomic E-state index is 0.0661. The molecule has 1 atom stereocenters. The lowest BCUT2D eigenvalue weighted by Crippen LogP contribution is -2.30. The van der Waals surface area contributed by atoms with Crippen LogP contribution < -0.4 is 0 Å². The summed E-state index contributed by atoms with van der Waals surface area (Å²) in [4.78, 5) is 38.3. The second-order valence-electron chi connectivity index (χ2n) is 23.8. The maximum absolute atomic E-state index is 12.9. The Morgan fingerprint density at radius 1 is 0.250 bits per heavy atom. The van der Waals surface area contributed by atoms with Gasteiger partial charge in [0.05, 0.1) is 0 Å². The Labute approximate surface area is 475 Å². The van der Waals surface area contributed by atoms with Crippen LogP contribution in [0.5, 0.6) is 0 Å². The quantitative estimate of drug-likeness (QED) is 0.0261. The van der Waals surface area contributed by atoms with Crippen molar-refractivity contribution in [1.82, 2.24) is 0 Å². The summed E-state index contributed by atoms with van der Waals surface area (Å²) in [6.07, 6.45) is 78.3. The van der Waals surface area contributed by atoms with Crippen molar-refractivity contribution >= 4 is 17.9 Å². The number of carbonyl (C=O) groups is 3. The molecule has 0 aliphatic heterocycles. The van der Waals surface area contributed by atoms with Crippen molar-refractivity contribution < 1.29 is 28.6 Å². The third kappa shape index (κ3) is 63.0. The smallest absolute Gasteiger partial charge is 0.306 e. The molecule has 6 heteroatoms. The van der Waals surface area contributed by atoms with E-state index in [-0.39, 0.29) is 31.1 Å². The van der Waals surface area contributed by atoms with Gasteiger partial charge in [-0.3, -0.25) is 14.4 Å². The minimum Gasteiger partial charge on any atom is -0.462 e. The van der Waals surface area contributed by atoms with E-state index in [1.807, 2.05) is 0 Å². The van der Waals surface area contributed by atoms with Gasteiger partial charge in [0, 0.05) is 19.3 Å². The van der Waals surface area contributed by atoms with E-state index >= 15 is 0 Å². The Balaban J connectivity index is 4.11.